The topological polar surface area (TPSA) is 37.7 Å². The Morgan fingerprint density at radius 2 is 1.72 bits per heavy atom. The van der Waals surface area contributed by atoms with E-state index in [1.165, 1.54) is 11.6 Å². The van der Waals surface area contributed by atoms with Crippen LogP contribution in [0.5, 0.6) is 0 Å². The molecular formula is C19H23FN3OS+. The molecule has 1 aliphatic rings. The van der Waals surface area contributed by atoms with E-state index >= 15 is 0 Å². The molecule has 0 unspecified atom stereocenters. The smallest absolute Gasteiger partial charge is 0.175 e. The molecule has 0 radical (unpaired) electrons. The van der Waals surface area contributed by atoms with Crippen LogP contribution in [0.4, 0.5) is 15.8 Å². The van der Waals surface area contributed by atoms with Crippen LogP contribution in [0, 0.1) is 12.7 Å². The summed E-state index contributed by atoms with van der Waals surface area (Å²) in [6, 6.07) is 13.2. The van der Waals surface area contributed by atoms with Crippen LogP contribution in [-0.2, 0) is 11.3 Å². The highest BCUT2D eigenvalue weighted by atomic mass is 32.1. The number of rotatable bonds is 4. The van der Waals surface area contributed by atoms with Gasteiger partial charge >= 0.3 is 0 Å². The van der Waals surface area contributed by atoms with Gasteiger partial charge in [-0.1, -0.05) is 18.2 Å². The van der Waals surface area contributed by atoms with E-state index in [0.717, 1.165) is 38.5 Å². The van der Waals surface area contributed by atoms with E-state index in [-0.39, 0.29) is 5.82 Å². The Hall–Kier alpha value is -2.02. The number of benzene rings is 2. The van der Waals surface area contributed by atoms with E-state index in [2.05, 4.69) is 22.8 Å². The molecule has 2 aromatic rings. The molecule has 25 heavy (non-hydrogen) atoms. The highest BCUT2D eigenvalue weighted by molar-refractivity contribution is 7.80. The number of ether oxygens (including phenoxy) is 1. The number of nitrogens with one attached hydrogen (secondary N) is 3. The van der Waals surface area contributed by atoms with Gasteiger partial charge in [-0.3, -0.25) is 0 Å². The van der Waals surface area contributed by atoms with Gasteiger partial charge in [0.1, 0.15) is 25.5 Å². The first-order chi connectivity index (χ1) is 12.1. The zero-order valence-corrected chi connectivity index (χ0v) is 15.1. The van der Waals surface area contributed by atoms with Crippen molar-refractivity contribution in [2.24, 2.45) is 0 Å². The third-order valence-electron chi connectivity index (χ3n) is 4.30. The van der Waals surface area contributed by atoms with Gasteiger partial charge < -0.3 is 20.3 Å². The van der Waals surface area contributed by atoms with Crippen molar-refractivity contribution in [3.63, 3.8) is 0 Å². The fraction of sp³-hybridized carbons (Fsp3) is 0.316. The van der Waals surface area contributed by atoms with E-state index in [0.29, 0.717) is 16.4 Å². The summed E-state index contributed by atoms with van der Waals surface area (Å²) < 4.78 is 19.0. The Bertz CT molecular complexity index is 730. The standard InChI is InChI=1S/C19H22FN3OS/c1-14-2-5-17(12-18(14)20)22-19(25)21-16-6-3-15(4-7-16)13-23-8-10-24-11-9-23/h2-7,12H,8-11,13H2,1H3,(H2,21,22,25)/p+1. The predicted molar refractivity (Wildman–Crippen MR) is 103 cm³/mol. The molecule has 1 aliphatic heterocycles. The second kappa shape index (κ2) is 8.38. The number of hydrogen-bond donors (Lipinski definition) is 3. The number of hydrogen-bond acceptors (Lipinski definition) is 2. The largest absolute Gasteiger partial charge is 0.370 e. The monoisotopic (exact) mass is 360 g/mol. The summed E-state index contributed by atoms with van der Waals surface area (Å²) in [5.41, 5.74) is 3.45. The van der Waals surface area contributed by atoms with E-state index < -0.39 is 0 Å². The van der Waals surface area contributed by atoms with Crippen molar-refractivity contribution in [2.45, 2.75) is 13.5 Å². The minimum absolute atomic E-state index is 0.247. The highest BCUT2D eigenvalue weighted by Gasteiger charge is 2.14. The molecule has 0 aromatic heterocycles. The van der Waals surface area contributed by atoms with Crippen LogP contribution < -0.4 is 15.5 Å². The van der Waals surface area contributed by atoms with Crippen LogP contribution in [-0.4, -0.2) is 31.4 Å². The predicted octanol–water partition coefficient (Wildman–Crippen LogP) is 2.36. The highest BCUT2D eigenvalue weighted by Crippen LogP contribution is 2.15. The molecule has 0 atom stereocenters. The summed E-state index contributed by atoms with van der Waals surface area (Å²) in [4.78, 5) is 1.55. The first kappa shape index (κ1) is 17.8. The molecule has 6 heteroatoms. The van der Waals surface area contributed by atoms with Gasteiger partial charge in [-0.15, -0.1) is 0 Å². The molecule has 1 heterocycles. The molecule has 4 nitrogen and oxygen atoms in total. The normalized spacial score (nSPS) is 15.0. The number of halogens is 1. The van der Waals surface area contributed by atoms with E-state index in [1.54, 1.807) is 24.0 Å². The number of aryl methyl sites for hydroxylation is 1. The second-order valence-corrected chi connectivity index (χ2v) is 6.69. The molecule has 3 rings (SSSR count). The van der Waals surface area contributed by atoms with Gasteiger partial charge in [0.25, 0.3) is 0 Å². The van der Waals surface area contributed by atoms with Crippen molar-refractivity contribution in [1.29, 1.82) is 0 Å². The summed E-state index contributed by atoms with van der Waals surface area (Å²) in [6.45, 7) is 6.54. The van der Waals surface area contributed by atoms with Gasteiger partial charge in [-0.2, -0.15) is 0 Å². The molecule has 0 aliphatic carbocycles. The van der Waals surface area contributed by atoms with Gasteiger partial charge in [0, 0.05) is 16.9 Å². The zero-order valence-electron chi connectivity index (χ0n) is 14.3. The average molecular weight is 360 g/mol. The number of morpholine rings is 1. The van der Waals surface area contributed by atoms with Crippen molar-refractivity contribution in [2.75, 3.05) is 36.9 Å². The first-order valence-electron chi connectivity index (χ1n) is 8.44. The molecule has 0 bridgehead atoms. The van der Waals surface area contributed by atoms with E-state index in [1.807, 2.05) is 12.1 Å². The van der Waals surface area contributed by atoms with Crippen LogP contribution >= 0.6 is 12.2 Å². The summed E-state index contributed by atoms with van der Waals surface area (Å²) in [5, 5.41) is 6.57. The number of thiocarbonyl (C=S) groups is 1. The maximum atomic E-state index is 13.6. The van der Waals surface area contributed by atoms with Crippen LogP contribution in [0.2, 0.25) is 0 Å². The maximum Gasteiger partial charge on any atom is 0.175 e. The van der Waals surface area contributed by atoms with Gasteiger partial charge in [0.15, 0.2) is 5.11 Å². The summed E-state index contributed by atoms with van der Waals surface area (Å²) in [6.07, 6.45) is 0. The number of anilines is 2. The lowest BCUT2D eigenvalue weighted by Crippen LogP contribution is -3.12. The molecule has 1 fully saturated rings. The molecular weight excluding hydrogens is 337 g/mol. The lowest BCUT2D eigenvalue weighted by Gasteiger charge is -2.23. The molecule has 0 amide bonds. The Balaban J connectivity index is 1.53. The minimum Gasteiger partial charge on any atom is -0.370 e. The summed E-state index contributed by atoms with van der Waals surface area (Å²) >= 11 is 5.30. The van der Waals surface area contributed by atoms with Crippen LogP contribution in [0.1, 0.15) is 11.1 Å². The fourth-order valence-electron chi connectivity index (χ4n) is 2.80. The Morgan fingerprint density at radius 3 is 2.40 bits per heavy atom. The summed E-state index contributed by atoms with van der Waals surface area (Å²) in [7, 11) is 0. The van der Waals surface area contributed by atoms with Gasteiger partial charge in [0.05, 0.1) is 13.2 Å². The lowest BCUT2D eigenvalue weighted by molar-refractivity contribution is -0.921. The quantitative estimate of drug-likeness (QED) is 0.732. The minimum atomic E-state index is -0.247. The maximum absolute atomic E-state index is 13.6. The van der Waals surface area contributed by atoms with Crippen molar-refractivity contribution < 1.29 is 14.0 Å². The molecule has 0 spiro atoms. The van der Waals surface area contributed by atoms with Crippen LogP contribution in [0.15, 0.2) is 42.5 Å². The Kier molecular flexibility index (Phi) is 5.96. The SMILES string of the molecule is Cc1ccc(NC(=S)Nc2ccc(C[NH+]3CCOCC3)cc2)cc1F. The molecule has 132 valence electrons. The van der Waals surface area contributed by atoms with E-state index in [4.69, 9.17) is 17.0 Å². The van der Waals surface area contributed by atoms with Crippen molar-refractivity contribution >= 4 is 28.7 Å². The third-order valence-corrected chi connectivity index (χ3v) is 4.50. The van der Waals surface area contributed by atoms with Crippen molar-refractivity contribution in [1.82, 2.24) is 0 Å². The molecule has 1 saturated heterocycles. The first-order valence-corrected chi connectivity index (χ1v) is 8.85. The van der Waals surface area contributed by atoms with Gasteiger partial charge in [-0.25, -0.2) is 4.39 Å². The molecule has 3 N–H and O–H groups in total. The average Bonchev–Trinajstić information content (AvgIpc) is 2.61. The van der Waals surface area contributed by atoms with E-state index in [9.17, 15) is 4.39 Å². The molecule has 0 saturated carbocycles. The van der Waals surface area contributed by atoms with Crippen molar-refractivity contribution in [3.8, 4) is 0 Å². The Morgan fingerprint density at radius 1 is 1.08 bits per heavy atom. The lowest BCUT2D eigenvalue weighted by atomic mass is 10.2. The van der Waals surface area contributed by atoms with Gasteiger partial charge in [0.2, 0.25) is 0 Å². The summed E-state index contributed by atoms with van der Waals surface area (Å²) in [5.74, 6) is -0.247. The van der Waals surface area contributed by atoms with Crippen LogP contribution in [0.25, 0.3) is 0 Å². The van der Waals surface area contributed by atoms with Gasteiger partial charge in [-0.05, 0) is 49.0 Å². The fourth-order valence-corrected chi connectivity index (χ4v) is 3.03. The number of quaternary nitrogens is 1. The van der Waals surface area contributed by atoms with Crippen LogP contribution in [0.3, 0.4) is 0 Å². The second-order valence-electron chi connectivity index (χ2n) is 6.28. The third kappa shape index (κ3) is 5.22. The van der Waals surface area contributed by atoms with Crippen molar-refractivity contribution in [3.05, 3.63) is 59.4 Å². The molecule has 2 aromatic carbocycles. The Labute approximate surface area is 153 Å². The zero-order chi connectivity index (χ0) is 17.6.